The molecule has 0 N–H and O–H groups in total. The van der Waals surface area contributed by atoms with Gasteiger partial charge in [-0.2, -0.15) is 0 Å². The molecule has 4 aromatic rings. The van der Waals surface area contributed by atoms with Crippen molar-refractivity contribution in [2.24, 2.45) is 0 Å². The molecule has 0 saturated carbocycles. The van der Waals surface area contributed by atoms with Crippen molar-refractivity contribution in [1.82, 2.24) is 0 Å². The van der Waals surface area contributed by atoms with Gasteiger partial charge in [-0.15, -0.1) is 0 Å². The molecule has 4 rings (SSSR count). The van der Waals surface area contributed by atoms with E-state index in [1.54, 1.807) is 48.5 Å². The molecule has 0 heterocycles. The van der Waals surface area contributed by atoms with Crippen LogP contribution in [-0.2, 0) is 0 Å². The predicted octanol–water partition coefficient (Wildman–Crippen LogP) is 5.61. The van der Waals surface area contributed by atoms with Crippen LogP contribution in [0.25, 0.3) is 11.1 Å². The van der Waals surface area contributed by atoms with Crippen molar-refractivity contribution in [2.45, 2.75) is 0 Å². The summed E-state index contributed by atoms with van der Waals surface area (Å²) in [7, 11) is 0. The normalized spacial score (nSPS) is 10.3. The second kappa shape index (κ2) is 10.3. The van der Waals surface area contributed by atoms with E-state index in [0.717, 1.165) is 11.1 Å². The number of esters is 2. The Labute approximate surface area is 203 Å². The molecule has 0 aliphatic carbocycles. The van der Waals surface area contributed by atoms with Crippen LogP contribution in [0.1, 0.15) is 20.7 Å². The Morgan fingerprint density at radius 1 is 0.528 bits per heavy atom. The summed E-state index contributed by atoms with van der Waals surface area (Å²) in [6, 6.07) is 24.0. The quantitative estimate of drug-likeness (QED) is 0.143. The number of rotatable bonds is 7. The van der Waals surface area contributed by atoms with Gasteiger partial charge in [0.1, 0.15) is 22.6 Å². The lowest BCUT2D eigenvalue weighted by Gasteiger charge is -2.08. The Morgan fingerprint density at radius 2 is 0.861 bits per heavy atom. The molecule has 4 aromatic carbocycles. The third kappa shape index (κ3) is 5.23. The first-order valence-electron chi connectivity index (χ1n) is 10.4. The number of nitro benzene ring substituents is 2. The zero-order valence-corrected chi connectivity index (χ0v) is 18.4. The van der Waals surface area contributed by atoms with Crippen molar-refractivity contribution >= 4 is 23.3 Å². The highest BCUT2D eigenvalue weighted by Gasteiger charge is 2.22. The molecule has 0 bridgehead atoms. The average molecular weight is 484 g/mol. The third-order valence-corrected chi connectivity index (χ3v) is 5.10. The van der Waals surface area contributed by atoms with Gasteiger partial charge in [-0.25, -0.2) is 9.59 Å². The molecular weight excluding hydrogens is 468 g/mol. The lowest BCUT2D eigenvalue weighted by molar-refractivity contribution is -0.385. The van der Waals surface area contributed by atoms with Crippen LogP contribution in [0.2, 0.25) is 0 Å². The van der Waals surface area contributed by atoms with Crippen molar-refractivity contribution in [2.75, 3.05) is 0 Å². The van der Waals surface area contributed by atoms with E-state index in [2.05, 4.69) is 0 Å². The Morgan fingerprint density at radius 3 is 1.19 bits per heavy atom. The van der Waals surface area contributed by atoms with Crippen molar-refractivity contribution in [1.29, 1.82) is 0 Å². The Bertz CT molecular complexity index is 1350. The number of carbonyl (C=O) groups is 2. The first kappa shape index (κ1) is 23.8. The number of nitrogens with zero attached hydrogens (tertiary/aromatic N) is 2. The molecule has 0 aromatic heterocycles. The maximum Gasteiger partial charge on any atom is 0.350 e. The van der Waals surface area contributed by atoms with Crippen molar-refractivity contribution in [3.8, 4) is 22.6 Å². The summed E-state index contributed by atoms with van der Waals surface area (Å²) in [5, 5.41) is 22.2. The molecule has 0 aliphatic heterocycles. The van der Waals surface area contributed by atoms with Crippen LogP contribution in [0.5, 0.6) is 11.5 Å². The number of hydrogen-bond donors (Lipinski definition) is 0. The van der Waals surface area contributed by atoms with Crippen LogP contribution < -0.4 is 9.47 Å². The topological polar surface area (TPSA) is 139 Å². The van der Waals surface area contributed by atoms with Gasteiger partial charge in [0.25, 0.3) is 11.4 Å². The van der Waals surface area contributed by atoms with Gasteiger partial charge in [-0.1, -0.05) is 48.5 Å². The van der Waals surface area contributed by atoms with Crippen LogP contribution in [0.15, 0.2) is 97.1 Å². The summed E-state index contributed by atoms with van der Waals surface area (Å²) in [4.78, 5) is 45.7. The van der Waals surface area contributed by atoms with Gasteiger partial charge >= 0.3 is 11.9 Å². The molecule has 0 atom stereocenters. The summed E-state index contributed by atoms with van der Waals surface area (Å²) < 4.78 is 10.5. The number of para-hydroxylation sites is 2. The van der Waals surface area contributed by atoms with Crippen LogP contribution in [0.3, 0.4) is 0 Å². The Kier molecular flexibility index (Phi) is 6.78. The van der Waals surface area contributed by atoms with E-state index in [1.807, 2.05) is 0 Å². The molecule has 0 fully saturated rings. The molecule has 0 unspecified atom stereocenters. The smallest absolute Gasteiger partial charge is 0.350 e. The number of carbonyl (C=O) groups excluding carboxylic acids is 2. The molecule has 0 saturated heterocycles. The number of hydrogen-bond acceptors (Lipinski definition) is 8. The minimum Gasteiger partial charge on any atom is -0.423 e. The van der Waals surface area contributed by atoms with Crippen LogP contribution in [0.4, 0.5) is 11.4 Å². The highest BCUT2D eigenvalue weighted by atomic mass is 16.6. The van der Waals surface area contributed by atoms with Gasteiger partial charge < -0.3 is 9.47 Å². The number of benzene rings is 4. The maximum absolute atomic E-state index is 12.4. The lowest BCUT2D eigenvalue weighted by Crippen LogP contribution is -2.11. The predicted molar refractivity (Wildman–Crippen MR) is 128 cm³/mol. The van der Waals surface area contributed by atoms with Gasteiger partial charge in [0, 0.05) is 12.1 Å². The fourth-order valence-corrected chi connectivity index (χ4v) is 3.37. The Balaban J connectivity index is 1.44. The van der Waals surface area contributed by atoms with Crippen LogP contribution in [0, 0.1) is 20.2 Å². The molecule has 0 radical (unpaired) electrons. The SMILES string of the molecule is O=C(Oc1ccc(-c2ccc(OC(=O)c3ccccc3[N+](=O)[O-])cc2)cc1)c1ccccc1[N+](=O)[O-]. The van der Waals surface area contributed by atoms with Gasteiger partial charge in [0.2, 0.25) is 0 Å². The highest BCUT2D eigenvalue weighted by Crippen LogP contribution is 2.27. The summed E-state index contributed by atoms with van der Waals surface area (Å²) >= 11 is 0. The molecule has 0 amide bonds. The van der Waals surface area contributed by atoms with Crippen molar-refractivity contribution in [3.63, 3.8) is 0 Å². The summed E-state index contributed by atoms with van der Waals surface area (Å²) in [5.41, 5.74) is 0.521. The van der Waals surface area contributed by atoms with E-state index >= 15 is 0 Å². The van der Waals surface area contributed by atoms with E-state index in [0.29, 0.717) is 0 Å². The molecule has 178 valence electrons. The summed E-state index contributed by atoms with van der Waals surface area (Å²) in [5.74, 6) is -1.28. The van der Waals surface area contributed by atoms with Gasteiger partial charge in [-0.3, -0.25) is 20.2 Å². The van der Waals surface area contributed by atoms with E-state index in [4.69, 9.17) is 9.47 Å². The average Bonchev–Trinajstić information content (AvgIpc) is 2.89. The summed E-state index contributed by atoms with van der Waals surface area (Å²) in [6.45, 7) is 0. The second-order valence-electron chi connectivity index (χ2n) is 7.38. The second-order valence-corrected chi connectivity index (χ2v) is 7.38. The maximum atomic E-state index is 12.4. The molecule has 10 heteroatoms. The first-order chi connectivity index (χ1) is 17.3. The minimum atomic E-state index is -0.847. The number of nitro groups is 2. The summed E-state index contributed by atoms with van der Waals surface area (Å²) in [6.07, 6.45) is 0. The largest absolute Gasteiger partial charge is 0.423 e. The first-order valence-corrected chi connectivity index (χ1v) is 10.4. The molecule has 0 spiro atoms. The van der Waals surface area contributed by atoms with Gasteiger partial charge in [0.15, 0.2) is 0 Å². The number of ether oxygens (including phenoxy) is 2. The van der Waals surface area contributed by atoms with Crippen molar-refractivity contribution in [3.05, 3.63) is 128 Å². The molecule has 10 nitrogen and oxygen atoms in total. The van der Waals surface area contributed by atoms with Crippen LogP contribution in [-0.4, -0.2) is 21.8 Å². The lowest BCUT2D eigenvalue weighted by atomic mass is 10.1. The van der Waals surface area contributed by atoms with E-state index < -0.39 is 21.8 Å². The van der Waals surface area contributed by atoms with E-state index in [9.17, 15) is 29.8 Å². The van der Waals surface area contributed by atoms with E-state index in [-0.39, 0.29) is 34.0 Å². The minimum absolute atomic E-state index is 0.155. The zero-order valence-electron chi connectivity index (χ0n) is 18.4. The van der Waals surface area contributed by atoms with Crippen LogP contribution >= 0.6 is 0 Å². The standard InChI is InChI=1S/C26H16N2O8/c29-25(21-5-1-3-7-23(21)27(31)32)35-19-13-9-17(10-14-19)18-11-15-20(16-12-18)36-26(30)22-6-2-4-8-24(22)28(33)34/h1-16H. The zero-order chi connectivity index (χ0) is 25.7. The monoisotopic (exact) mass is 484 g/mol. The Hall–Kier alpha value is -5.38. The fraction of sp³-hybridized carbons (Fsp3) is 0. The van der Waals surface area contributed by atoms with E-state index in [1.165, 1.54) is 48.5 Å². The third-order valence-electron chi connectivity index (χ3n) is 5.10. The molecule has 0 aliphatic rings. The fourth-order valence-electron chi connectivity index (χ4n) is 3.37. The molecular formula is C26H16N2O8. The highest BCUT2D eigenvalue weighted by molar-refractivity contribution is 5.96. The van der Waals surface area contributed by atoms with Gasteiger partial charge in [-0.05, 0) is 47.5 Å². The van der Waals surface area contributed by atoms with Gasteiger partial charge in [0.05, 0.1) is 9.85 Å². The molecule has 36 heavy (non-hydrogen) atoms. The van der Waals surface area contributed by atoms with Crippen molar-refractivity contribution < 1.29 is 28.9 Å².